The number of nitrogens with one attached hydrogen (secondary N) is 2. The molecule has 0 aliphatic rings. The molecule has 0 radical (unpaired) electrons. The molecule has 4 rings (SSSR count). The summed E-state index contributed by atoms with van der Waals surface area (Å²) in [6.07, 6.45) is 1.61. The molecule has 0 unspecified atom stereocenters. The Bertz CT molecular complexity index is 1250. The van der Waals surface area contributed by atoms with E-state index in [0.29, 0.717) is 22.0 Å². The van der Waals surface area contributed by atoms with Gasteiger partial charge < -0.3 is 10.1 Å². The lowest BCUT2D eigenvalue weighted by atomic mass is 10.1. The fourth-order valence-electron chi connectivity index (χ4n) is 3.18. The molecule has 2 aromatic heterocycles. The van der Waals surface area contributed by atoms with Gasteiger partial charge in [-0.3, -0.25) is 9.89 Å². The number of anilines is 1. The molecular formula is C24H22N4O3S. The van der Waals surface area contributed by atoms with E-state index >= 15 is 0 Å². The van der Waals surface area contributed by atoms with Gasteiger partial charge in [-0.15, -0.1) is 11.3 Å². The van der Waals surface area contributed by atoms with Gasteiger partial charge in [-0.05, 0) is 31.0 Å². The van der Waals surface area contributed by atoms with Crippen LogP contribution in [0.4, 0.5) is 5.69 Å². The first kappa shape index (κ1) is 21.5. The van der Waals surface area contributed by atoms with Crippen molar-refractivity contribution in [1.82, 2.24) is 15.2 Å². The molecule has 0 aliphatic carbocycles. The van der Waals surface area contributed by atoms with Gasteiger partial charge in [-0.25, -0.2) is 9.78 Å². The van der Waals surface area contributed by atoms with Crippen molar-refractivity contribution < 1.29 is 14.3 Å². The largest absolute Gasteiger partial charge is 0.455 e. The van der Waals surface area contributed by atoms with Crippen molar-refractivity contribution in [2.45, 2.75) is 26.9 Å². The summed E-state index contributed by atoms with van der Waals surface area (Å²) in [7, 11) is 0. The standard InChI is InChI=1S/C24H22N4O3S/c1-15-8-9-16(2)20(10-15)27-21(29)11-22-26-18(14-32-22)13-31-24(30)19-12-25-28-23(19)17-6-4-3-5-7-17/h3-10,12,14H,11,13H2,1-2H3,(H,25,28)(H,27,29). The number of benzene rings is 2. The zero-order chi connectivity index (χ0) is 22.5. The highest BCUT2D eigenvalue weighted by molar-refractivity contribution is 7.09. The number of aromatic nitrogens is 3. The van der Waals surface area contributed by atoms with Crippen molar-refractivity contribution in [2.24, 2.45) is 0 Å². The summed E-state index contributed by atoms with van der Waals surface area (Å²) in [6, 6.07) is 15.4. The van der Waals surface area contributed by atoms with Crippen LogP contribution in [0.25, 0.3) is 11.3 Å². The summed E-state index contributed by atoms with van der Waals surface area (Å²) in [5.41, 5.74) is 5.31. The Labute approximate surface area is 189 Å². The molecule has 0 bridgehead atoms. The van der Waals surface area contributed by atoms with Gasteiger partial charge in [0, 0.05) is 16.6 Å². The lowest BCUT2D eigenvalue weighted by molar-refractivity contribution is -0.115. The zero-order valence-electron chi connectivity index (χ0n) is 17.7. The van der Waals surface area contributed by atoms with Crippen molar-refractivity contribution in [3.8, 4) is 11.3 Å². The highest BCUT2D eigenvalue weighted by Crippen LogP contribution is 2.22. The Hall–Kier alpha value is -3.78. The van der Waals surface area contributed by atoms with Crippen LogP contribution >= 0.6 is 11.3 Å². The fraction of sp³-hybridized carbons (Fsp3) is 0.167. The minimum Gasteiger partial charge on any atom is -0.455 e. The summed E-state index contributed by atoms with van der Waals surface area (Å²) in [5, 5.41) is 12.2. The molecule has 0 saturated heterocycles. The van der Waals surface area contributed by atoms with E-state index in [1.165, 1.54) is 17.5 Å². The first-order valence-electron chi connectivity index (χ1n) is 10.1. The minimum absolute atomic E-state index is 0.0212. The molecule has 2 heterocycles. The number of carbonyl (C=O) groups is 2. The number of aromatic amines is 1. The van der Waals surface area contributed by atoms with Crippen molar-refractivity contribution in [2.75, 3.05) is 5.32 Å². The van der Waals surface area contributed by atoms with Gasteiger partial charge in [-0.1, -0.05) is 42.5 Å². The predicted molar refractivity (Wildman–Crippen MR) is 124 cm³/mol. The smallest absolute Gasteiger partial charge is 0.342 e. The van der Waals surface area contributed by atoms with Crippen LogP contribution in [0.3, 0.4) is 0 Å². The molecule has 32 heavy (non-hydrogen) atoms. The van der Waals surface area contributed by atoms with E-state index in [1.54, 1.807) is 5.38 Å². The first-order chi connectivity index (χ1) is 15.5. The number of nitrogens with zero attached hydrogens (tertiary/aromatic N) is 2. The van der Waals surface area contributed by atoms with Crippen molar-refractivity contribution >= 4 is 28.9 Å². The maximum absolute atomic E-state index is 12.5. The van der Waals surface area contributed by atoms with Crippen LogP contribution in [0.5, 0.6) is 0 Å². The molecule has 0 spiro atoms. The number of hydrogen-bond donors (Lipinski definition) is 2. The van der Waals surface area contributed by atoms with Crippen LogP contribution in [-0.4, -0.2) is 27.1 Å². The molecule has 162 valence electrons. The van der Waals surface area contributed by atoms with Gasteiger partial charge in [0.15, 0.2) is 0 Å². The second-order valence-electron chi connectivity index (χ2n) is 7.38. The van der Waals surface area contributed by atoms with E-state index in [-0.39, 0.29) is 18.9 Å². The molecule has 1 amide bonds. The van der Waals surface area contributed by atoms with Gasteiger partial charge in [0.2, 0.25) is 5.91 Å². The van der Waals surface area contributed by atoms with Crippen LogP contribution in [-0.2, 0) is 22.6 Å². The number of ether oxygens (including phenoxy) is 1. The van der Waals surface area contributed by atoms with E-state index in [0.717, 1.165) is 22.4 Å². The number of amides is 1. The summed E-state index contributed by atoms with van der Waals surface area (Å²) in [4.78, 5) is 29.4. The third-order valence-corrected chi connectivity index (χ3v) is 5.75. The molecule has 0 fully saturated rings. The minimum atomic E-state index is -0.486. The third-order valence-electron chi connectivity index (χ3n) is 4.85. The van der Waals surface area contributed by atoms with Crippen LogP contribution in [0, 0.1) is 13.8 Å². The summed E-state index contributed by atoms with van der Waals surface area (Å²) in [5.74, 6) is -0.623. The maximum Gasteiger partial charge on any atom is 0.342 e. The number of esters is 1. The van der Waals surface area contributed by atoms with E-state index in [2.05, 4.69) is 20.5 Å². The topological polar surface area (TPSA) is 97.0 Å². The fourth-order valence-corrected chi connectivity index (χ4v) is 3.96. The van der Waals surface area contributed by atoms with E-state index in [4.69, 9.17) is 4.74 Å². The molecule has 2 N–H and O–H groups in total. The van der Waals surface area contributed by atoms with E-state index < -0.39 is 5.97 Å². The Kier molecular flexibility index (Phi) is 6.42. The number of thiazole rings is 1. The summed E-state index contributed by atoms with van der Waals surface area (Å²) >= 11 is 1.36. The maximum atomic E-state index is 12.5. The Morgan fingerprint density at radius 1 is 1.12 bits per heavy atom. The second kappa shape index (κ2) is 9.57. The second-order valence-corrected chi connectivity index (χ2v) is 8.32. The highest BCUT2D eigenvalue weighted by atomic mass is 32.1. The van der Waals surface area contributed by atoms with E-state index in [9.17, 15) is 9.59 Å². The van der Waals surface area contributed by atoms with Crippen molar-refractivity contribution in [3.63, 3.8) is 0 Å². The van der Waals surface area contributed by atoms with Crippen molar-refractivity contribution in [3.05, 3.63) is 87.5 Å². The van der Waals surface area contributed by atoms with Crippen LogP contribution in [0.1, 0.15) is 32.2 Å². The molecule has 2 aromatic carbocycles. The summed E-state index contributed by atoms with van der Waals surface area (Å²) < 4.78 is 5.42. The predicted octanol–water partition coefficient (Wildman–Crippen LogP) is 4.69. The van der Waals surface area contributed by atoms with Gasteiger partial charge >= 0.3 is 5.97 Å². The number of aryl methyl sites for hydroxylation is 2. The highest BCUT2D eigenvalue weighted by Gasteiger charge is 2.17. The van der Waals surface area contributed by atoms with Crippen molar-refractivity contribution in [1.29, 1.82) is 0 Å². The SMILES string of the molecule is Cc1ccc(C)c(NC(=O)Cc2nc(COC(=O)c3cn[nH]c3-c3ccccc3)cs2)c1. The molecule has 8 heteroatoms. The molecule has 0 saturated carbocycles. The molecule has 0 aliphatic heterocycles. The number of hydrogen-bond acceptors (Lipinski definition) is 6. The van der Waals surface area contributed by atoms with Crippen LogP contribution < -0.4 is 5.32 Å². The molecule has 7 nitrogen and oxygen atoms in total. The number of H-pyrrole nitrogens is 1. The molecule has 0 atom stereocenters. The number of rotatable bonds is 7. The normalized spacial score (nSPS) is 10.7. The van der Waals surface area contributed by atoms with Gasteiger partial charge in [0.05, 0.1) is 24.0 Å². The average molecular weight is 447 g/mol. The lowest BCUT2D eigenvalue weighted by Gasteiger charge is -2.08. The van der Waals surface area contributed by atoms with E-state index in [1.807, 2.05) is 62.4 Å². The Morgan fingerprint density at radius 3 is 2.75 bits per heavy atom. The summed E-state index contributed by atoms with van der Waals surface area (Å²) in [6.45, 7) is 3.96. The van der Waals surface area contributed by atoms with Gasteiger partial charge in [0.1, 0.15) is 17.2 Å². The molecule has 4 aromatic rings. The Balaban J connectivity index is 1.34. The monoisotopic (exact) mass is 446 g/mol. The van der Waals surface area contributed by atoms with Gasteiger partial charge in [-0.2, -0.15) is 5.10 Å². The van der Waals surface area contributed by atoms with Gasteiger partial charge in [0.25, 0.3) is 0 Å². The Morgan fingerprint density at radius 2 is 1.94 bits per heavy atom. The lowest BCUT2D eigenvalue weighted by Crippen LogP contribution is -2.15. The molecular weight excluding hydrogens is 424 g/mol. The zero-order valence-corrected chi connectivity index (χ0v) is 18.5. The van der Waals surface area contributed by atoms with Crippen LogP contribution in [0.15, 0.2) is 60.1 Å². The number of carbonyl (C=O) groups excluding carboxylic acids is 2. The first-order valence-corrected chi connectivity index (χ1v) is 10.9. The van der Waals surface area contributed by atoms with Crippen LogP contribution in [0.2, 0.25) is 0 Å². The average Bonchev–Trinajstić information content (AvgIpc) is 3.45. The third kappa shape index (κ3) is 5.09. The quantitative estimate of drug-likeness (QED) is 0.402.